The van der Waals surface area contributed by atoms with Gasteiger partial charge in [0.05, 0.1) is 20.3 Å². The second kappa shape index (κ2) is 5.61. The van der Waals surface area contributed by atoms with E-state index in [4.69, 9.17) is 9.47 Å². The highest BCUT2D eigenvalue weighted by molar-refractivity contribution is 5.43. The van der Waals surface area contributed by atoms with Gasteiger partial charge in [0, 0.05) is 0 Å². The van der Waals surface area contributed by atoms with E-state index in [1.54, 1.807) is 14.2 Å². The van der Waals surface area contributed by atoms with Crippen molar-refractivity contribution in [3.63, 3.8) is 0 Å². The normalized spacial score (nSPS) is 24.9. The number of rotatable bonds is 4. The Kier molecular flexibility index (Phi) is 4.12. The quantitative estimate of drug-likeness (QED) is 0.892. The summed E-state index contributed by atoms with van der Waals surface area (Å²) in [5.41, 5.74) is 0.923. The molecule has 0 amide bonds. The van der Waals surface area contributed by atoms with Crippen molar-refractivity contribution in [2.75, 3.05) is 14.2 Å². The van der Waals surface area contributed by atoms with E-state index in [0.717, 1.165) is 12.0 Å². The fourth-order valence-electron chi connectivity index (χ4n) is 2.93. The van der Waals surface area contributed by atoms with Gasteiger partial charge < -0.3 is 14.6 Å². The maximum atomic E-state index is 10.5. The second-order valence-electron chi connectivity index (χ2n) is 5.13. The van der Waals surface area contributed by atoms with E-state index in [2.05, 4.69) is 6.92 Å². The SMILES string of the molecule is COc1ccc(C(O)C2CCCC2C)cc1OC. The molecule has 3 unspecified atom stereocenters. The van der Waals surface area contributed by atoms with Crippen LogP contribution in [0.3, 0.4) is 0 Å². The lowest BCUT2D eigenvalue weighted by Gasteiger charge is -2.23. The Balaban J connectivity index is 2.22. The number of hydrogen-bond donors (Lipinski definition) is 1. The number of hydrogen-bond acceptors (Lipinski definition) is 3. The summed E-state index contributed by atoms with van der Waals surface area (Å²) in [6.45, 7) is 2.22. The third kappa shape index (κ3) is 2.46. The fourth-order valence-corrected chi connectivity index (χ4v) is 2.93. The first-order chi connectivity index (χ1) is 8.67. The van der Waals surface area contributed by atoms with Crippen LogP contribution in [0.2, 0.25) is 0 Å². The van der Waals surface area contributed by atoms with Crippen molar-refractivity contribution in [2.45, 2.75) is 32.3 Å². The van der Waals surface area contributed by atoms with Crippen molar-refractivity contribution in [2.24, 2.45) is 11.8 Å². The van der Waals surface area contributed by atoms with E-state index in [1.807, 2.05) is 18.2 Å². The minimum Gasteiger partial charge on any atom is -0.493 e. The third-order valence-electron chi connectivity index (χ3n) is 4.08. The average Bonchev–Trinajstić information content (AvgIpc) is 2.83. The Hall–Kier alpha value is -1.22. The predicted octanol–water partition coefficient (Wildman–Crippen LogP) is 3.17. The molecule has 1 aliphatic carbocycles. The van der Waals surface area contributed by atoms with E-state index in [0.29, 0.717) is 23.3 Å². The van der Waals surface area contributed by atoms with Crippen molar-refractivity contribution in [3.8, 4) is 11.5 Å². The van der Waals surface area contributed by atoms with Gasteiger partial charge in [-0.1, -0.05) is 25.8 Å². The van der Waals surface area contributed by atoms with E-state index in [9.17, 15) is 5.11 Å². The molecule has 0 aromatic heterocycles. The molecule has 0 aliphatic heterocycles. The van der Waals surface area contributed by atoms with Crippen LogP contribution in [0.5, 0.6) is 11.5 Å². The standard InChI is InChI=1S/C15H22O3/c1-10-5-4-6-12(10)15(16)11-7-8-13(17-2)14(9-11)18-3/h7-10,12,15-16H,4-6H2,1-3H3. The summed E-state index contributed by atoms with van der Waals surface area (Å²) in [6.07, 6.45) is 3.14. The lowest BCUT2D eigenvalue weighted by molar-refractivity contribution is 0.0897. The molecule has 0 saturated heterocycles. The van der Waals surface area contributed by atoms with Gasteiger partial charge in [-0.3, -0.25) is 0 Å². The van der Waals surface area contributed by atoms with Crippen molar-refractivity contribution in [1.29, 1.82) is 0 Å². The predicted molar refractivity (Wildman–Crippen MR) is 71.0 cm³/mol. The number of aliphatic hydroxyl groups excluding tert-OH is 1. The molecule has 3 heteroatoms. The van der Waals surface area contributed by atoms with E-state index in [-0.39, 0.29) is 0 Å². The Morgan fingerprint density at radius 2 is 1.89 bits per heavy atom. The molecule has 3 atom stereocenters. The molecule has 3 nitrogen and oxygen atoms in total. The molecule has 1 aliphatic rings. The molecule has 2 rings (SSSR count). The summed E-state index contributed by atoms with van der Waals surface area (Å²) in [7, 11) is 3.24. The molecule has 0 bridgehead atoms. The molecular weight excluding hydrogens is 228 g/mol. The fraction of sp³-hybridized carbons (Fsp3) is 0.600. The monoisotopic (exact) mass is 250 g/mol. The summed E-state index contributed by atoms with van der Waals surface area (Å²) < 4.78 is 10.5. The summed E-state index contributed by atoms with van der Waals surface area (Å²) in [6, 6.07) is 5.67. The molecule has 1 N–H and O–H groups in total. The topological polar surface area (TPSA) is 38.7 Å². The van der Waals surface area contributed by atoms with Gasteiger partial charge in [-0.25, -0.2) is 0 Å². The number of ether oxygens (including phenoxy) is 2. The summed E-state index contributed by atoms with van der Waals surface area (Å²) >= 11 is 0. The van der Waals surface area contributed by atoms with Crippen LogP contribution in [0.25, 0.3) is 0 Å². The second-order valence-corrected chi connectivity index (χ2v) is 5.13. The van der Waals surface area contributed by atoms with Crippen LogP contribution >= 0.6 is 0 Å². The zero-order valence-electron chi connectivity index (χ0n) is 11.3. The van der Waals surface area contributed by atoms with E-state index < -0.39 is 6.10 Å². The maximum absolute atomic E-state index is 10.5. The molecule has 0 spiro atoms. The van der Waals surface area contributed by atoms with Crippen LogP contribution in [-0.4, -0.2) is 19.3 Å². The number of methoxy groups -OCH3 is 2. The molecule has 1 aromatic rings. The first-order valence-electron chi connectivity index (χ1n) is 6.57. The lowest BCUT2D eigenvalue weighted by Crippen LogP contribution is -2.15. The van der Waals surface area contributed by atoms with Gasteiger partial charge >= 0.3 is 0 Å². The number of benzene rings is 1. The summed E-state index contributed by atoms with van der Waals surface area (Å²) in [4.78, 5) is 0. The Morgan fingerprint density at radius 3 is 2.44 bits per heavy atom. The molecule has 18 heavy (non-hydrogen) atoms. The summed E-state index contributed by atoms with van der Waals surface area (Å²) in [5.74, 6) is 2.34. The first-order valence-corrected chi connectivity index (χ1v) is 6.57. The minimum absolute atomic E-state index is 0.364. The minimum atomic E-state index is -0.401. The van der Waals surface area contributed by atoms with Crippen molar-refractivity contribution in [3.05, 3.63) is 23.8 Å². The highest BCUT2D eigenvalue weighted by Crippen LogP contribution is 2.41. The van der Waals surface area contributed by atoms with Gasteiger partial charge in [-0.2, -0.15) is 0 Å². The molecule has 0 radical (unpaired) electrons. The van der Waals surface area contributed by atoms with Crippen molar-refractivity contribution < 1.29 is 14.6 Å². The molecule has 100 valence electrons. The van der Waals surface area contributed by atoms with Crippen LogP contribution in [0.15, 0.2) is 18.2 Å². The van der Waals surface area contributed by atoms with E-state index in [1.165, 1.54) is 12.8 Å². The molecule has 1 saturated carbocycles. The van der Waals surface area contributed by atoms with Crippen molar-refractivity contribution >= 4 is 0 Å². The molecule has 0 heterocycles. The smallest absolute Gasteiger partial charge is 0.161 e. The Morgan fingerprint density at radius 1 is 1.17 bits per heavy atom. The van der Waals surface area contributed by atoms with Gasteiger partial charge in [-0.15, -0.1) is 0 Å². The zero-order chi connectivity index (χ0) is 13.1. The third-order valence-corrected chi connectivity index (χ3v) is 4.08. The van der Waals surface area contributed by atoms with E-state index >= 15 is 0 Å². The van der Waals surface area contributed by atoms with Gasteiger partial charge in [0.25, 0.3) is 0 Å². The average molecular weight is 250 g/mol. The van der Waals surface area contributed by atoms with Crippen LogP contribution in [0.4, 0.5) is 0 Å². The molecular formula is C15H22O3. The van der Waals surface area contributed by atoms with Gasteiger partial charge in [0.1, 0.15) is 0 Å². The number of aliphatic hydroxyl groups is 1. The first kappa shape index (κ1) is 13.2. The van der Waals surface area contributed by atoms with Crippen LogP contribution in [-0.2, 0) is 0 Å². The Labute approximate surface area is 109 Å². The highest BCUT2D eigenvalue weighted by Gasteiger charge is 2.30. The van der Waals surface area contributed by atoms with Gasteiger partial charge in [0.2, 0.25) is 0 Å². The lowest BCUT2D eigenvalue weighted by atomic mass is 9.88. The summed E-state index contributed by atoms with van der Waals surface area (Å²) in [5, 5.41) is 10.5. The molecule has 1 fully saturated rings. The van der Waals surface area contributed by atoms with Gasteiger partial charge in [-0.05, 0) is 36.0 Å². The van der Waals surface area contributed by atoms with Crippen LogP contribution in [0, 0.1) is 11.8 Å². The largest absolute Gasteiger partial charge is 0.493 e. The maximum Gasteiger partial charge on any atom is 0.161 e. The molecule has 1 aromatic carbocycles. The van der Waals surface area contributed by atoms with Gasteiger partial charge in [0.15, 0.2) is 11.5 Å². The highest BCUT2D eigenvalue weighted by atomic mass is 16.5. The Bertz CT molecular complexity index is 403. The van der Waals surface area contributed by atoms with Crippen LogP contribution < -0.4 is 9.47 Å². The van der Waals surface area contributed by atoms with Crippen LogP contribution in [0.1, 0.15) is 37.9 Å². The van der Waals surface area contributed by atoms with Crippen molar-refractivity contribution in [1.82, 2.24) is 0 Å². The zero-order valence-corrected chi connectivity index (χ0v) is 11.3.